The second-order valence-electron chi connectivity index (χ2n) is 5.41. The first kappa shape index (κ1) is 16.1. The molecule has 0 saturated carbocycles. The second-order valence-corrected chi connectivity index (χ2v) is 5.82. The van der Waals surface area contributed by atoms with Crippen molar-refractivity contribution in [2.24, 2.45) is 0 Å². The van der Waals surface area contributed by atoms with Gasteiger partial charge < -0.3 is 15.8 Å². The van der Waals surface area contributed by atoms with Crippen LogP contribution in [0.25, 0.3) is 0 Å². The molecule has 4 N–H and O–H groups in total. The van der Waals surface area contributed by atoms with Crippen LogP contribution in [0.15, 0.2) is 36.4 Å². The third-order valence-electron chi connectivity index (χ3n) is 3.78. The number of anilines is 2. The summed E-state index contributed by atoms with van der Waals surface area (Å²) in [6.45, 7) is 4.50. The Labute approximate surface area is 145 Å². The molecule has 0 saturated heterocycles. The number of nitrogens with two attached hydrogens (primary N) is 1. The molecule has 1 aromatic heterocycles. The third kappa shape index (κ3) is 3.44. The number of aryl methyl sites for hydroxylation is 1. The van der Waals surface area contributed by atoms with Crippen molar-refractivity contribution < 1.29 is 4.74 Å². The molecule has 2 aromatic carbocycles. The van der Waals surface area contributed by atoms with Crippen molar-refractivity contribution in [3.63, 3.8) is 0 Å². The van der Waals surface area contributed by atoms with Crippen molar-refractivity contribution in [1.82, 2.24) is 15.2 Å². The zero-order valence-corrected chi connectivity index (χ0v) is 14.2. The van der Waals surface area contributed by atoms with Crippen LogP contribution in [0.4, 0.5) is 11.9 Å². The average molecular weight is 344 g/mol. The maximum absolute atomic E-state index is 6.34. The Kier molecular flexibility index (Phi) is 4.57. The number of ether oxygens (including phenoxy) is 1. The summed E-state index contributed by atoms with van der Waals surface area (Å²) in [5, 5.41) is 10.2. The first-order chi connectivity index (χ1) is 11.5. The Morgan fingerprint density at radius 3 is 2.67 bits per heavy atom. The number of hydrogen-bond acceptors (Lipinski definition) is 5. The Morgan fingerprint density at radius 2 is 1.92 bits per heavy atom. The van der Waals surface area contributed by atoms with E-state index in [9.17, 15) is 0 Å². The van der Waals surface area contributed by atoms with Gasteiger partial charge in [0.15, 0.2) is 0 Å². The SMILES string of the molecule is Cc1cccc(Oc2cccc(Cl)c2CNc2n[nH]c(N)n2)c1C. The fourth-order valence-corrected chi connectivity index (χ4v) is 2.51. The molecule has 0 unspecified atom stereocenters. The summed E-state index contributed by atoms with van der Waals surface area (Å²) < 4.78 is 6.10. The molecule has 0 aliphatic carbocycles. The van der Waals surface area contributed by atoms with E-state index in [2.05, 4.69) is 33.5 Å². The van der Waals surface area contributed by atoms with Gasteiger partial charge in [-0.05, 0) is 43.2 Å². The molecule has 0 radical (unpaired) electrons. The highest BCUT2D eigenvalue weighted by molar-refractivity contribution is 6.31. The molecule has 0 aliphatic rings. The van der Waals surface area contributed by atoms with E-state index < -0.39 is 0 Å². The number of halogens is 1. The first-order valence-electron chi connectivity index (χ1n) is 7.48. The van der Waals surface area contributed by atoms with Gasteiger partial charge in [-0.1, -0.05) is 29.8 Å². The minimum atomic E-state index is 0.253. The van der Waals surface area contributed by atoms with Gasteiger partial charge in [0.1, 0.15) is 11.5 Å². The highest BCUT2D eigenvalue weighted by Gasteiger charge is 2.12. The van der Waals surface area contributed by atoms with E-state index in [-0.39, 0.29) is 5.95 Å². The molecule has 0 spiro atoms. The van der Waals surface area contributed by atoms with E-state index in [0.29, 0.717) is 23.3 Å². The minimum Gasteiger partial charge on any atom is -0.457 e. The molecule has 24 heavy (non-hydrogen) atoms. The van der Waals surface area contributed by atoms with Crippen LogP contribution in [-0.2, 0) is 6.54 Å². The maximum atomic E-state index is 6.34. The van der Waals surface area contributed by atoms with Crippen LogP contribution < -0.4 is 15.8 Å². The lowest BCUT2D eigenvalue weighted by molar-refractivity contribution is 0.473. The lowest BCUT2D eigenvalue weighted by Crippen LogP contribution is -2.04. The zero-order valence-electron chi connectivity index (χ0n) is 13.4. The predicted molar refractivity (Wildman–Crippen MR) is 95.6 cm³/mol. The predicted octanol–water partition coefficient (Wildman–Crippen LogP) is 4.06. The van der Waals surface area contributed by atoms with Crippen LogP contribution in [-0.4, -0.2) is 15.2 Å². The summed E-state index contributed by atoms with van der Waals surface area (Å²) in [6.07, 6.45) is 0. The fourth-order valence-electron chi connectivity index (χ4n) is 2.28. The van der Waals surface area contributed by atoms with Gasteiger partial charge >= 0.3 is 0 Å². The van der Waals surface area contributed by atoms with E-state index in [1.165, 1.54) is 5.56 Å². The quantitative estimate of drug-likeness (QED) is 0.650. The van der Waals surface area contributed by atoms with Crippen molar-refractivity contribution in [3.8, 4) is 11.5 Å². The van der Waals surface area contributed by atoms with Crippen LogP contribution in [0, 0.1) is 13.8 Å². The van der Waals surface area contributed by atoms with Crippen molar-refractivity contribution in [1.29, 1.82) is 0 Å². The Morgan fingerprint density at radius 1 is 1.17 bits per heavy atom. The molecule has 0 fully saturated rings. The number of hydrogen-bond donors (Lipinski definition) is 3. The molecule has 0 aliphatic heterocycles. The molecule has 0 bridgehead atoms. The van der Waals surface area contributed by atoms with E-state index in [0.717, 1.165) is 16.9 Å². The van der Waals surface area contributed by atoms with Gasteiger partial charge in [-0.15, -0.1) is 5.10 Å². The monoisotopic (exact) mass is 343 g/mol. The van der Waals surface area contributed by atoms with Crippen molar-refractivity contribution in [2.45, 2.75) is 20.4 Å². The number of H-pyrrole nitrogens is 1. The zero-order chi connectivity index (χ0) is 17.1. The third-order valence-corrected chi connectivity index (χ3v) is 4.13. The normalized spacial score (nSPS) is 10.6. The topological polar surface area (TPSA) is 88.8 Å². The van der Waals surface area contributed by atoms with Gasteiger partial charge in [0.05, 0.1) is 0 Å². The van der Waals surface area contributed by atoms with E-state index in [1.807, 2.05) is 37.3 Å². The van der Waals surface area contributed by atoms with Crippen LogP contribution in [0.2, 0.25) is 5.02 Å². The van der Waals surface area contributed by atoms with Crippen molar-refractivity contribution >= 4 is 23.5 Å². The number of aromatic nitrogens is 3. The van der Waals surface area contributed by atoms with E-state index in [1.54, 1.807) is 0 Å². The van der Waals surface area contributed by atoms with Gasteiger partial charge in [-0.3, -0.25) is 0 Å². The number of nitrogen functional groups attached to an aromatic ring is 1. The molecule has 7 heteroatoms. The second kappa shape index (κ2) is 6.80. The van der Waals surface area contributed by atoms with Crippen molar-refractivity contribution in [3.05, 3.63) is 58.1 Å². The van der Waals surface area contributed by atoms with Crippen LogP contribution >= 0.6 is 11.6 Å². The molecule has 3 rings (SSSR count). The highest BCUT2D eigenvalue weighted by Crippen LogP contribution is 2.33. The molecule has 3 aromatic rings. The summed E-state index contributed by atoms with van der Waals surface area (Å²) in [5.41, 5.74) is 8.61. The summed E-state index contributed by atoms with van der Waals surface area (Å²) in [5.74, 6) is 2.15. The van der Waals surface area contributed by atoms with Gasteiger partial charge in [0.2, 0.25) is 11.9 Å². The number of nitrogens with zero attached hydrogens (tertiary/aromatic N) is 2. The smallest absolute Gasteiger partial charge is 0.243 e. The van der Waals surface area contributed by atoms with Crippen LogP contribution in [0.5, 0.6) is 11.5 Å². The summed E-state index contributed by atoms with van der Waals surface area (Å²) in [7, 11) is 0. The van der Waals surface area contributed by atoms with Crippen LogP contribution in [0.1, 0.15) is 16.7 Å². The Balaban J connectivity index is 1.85. The molecular weight excluding hydrogens is 326 g/mol. The average Bonchev–Trinajstić information content (AvgIpc) is 2.97. The fraction of sp³-hybridized carbons (Fsp3) is 0.176. The number of rotatable bonds is 5. The summed E-state index contributed by atoms with van der Waals surface area (Å²) in [6, 6.07) is 11.5. The van der Waals surface area contributed by atoms with E-state index in [4.69, 9.17) is 22.1 Å². The lowest BCUT2D eigenvalue weighted by atomic mass is 10.1. The molecule has 1 heterocycles. The number of aromatic amines is 1. The molecular formula is C17H18ClN5O. The summed E-state index contributed by atoms with van der Waals surface area (Å²) >= 11 is 6.34. The van der Waals surface area contributed by atoms with Gasteiger partial charge in [-0.2, -0.15) is 4.98 Å². The molecule has 0 amide bonds. The maximum Gasteiger partial charge on any atom is 0.243 e. The van der Waals surface area contributed by atoms with Gasteiger partial charge in [-0.25, -0.2) is 5.10 Å². The van der Waals surface area contributed by atoms with Crippen LogP contribution in [0.3, 0.4) is 0 Å². The lowest BCUT2D eigenvalue weighted by Gasteiger charge is -2.15. The Bertz CT molecular complexity index is 862. The highest BCUT2D eigenvalue weighted by atomic mass is 35.5. The number of nitrogens with one attached hydrogen (secondary N) is 2. The summed E-state index contributed by atoms with van der Waals surface area (Å²) in [4.78, 5) is 4.01. The molecule has 124 valence electrons. The molecule has 0 atom stereocenters. The Hall–Kier alpha value is -2.73. The minimum absolute atomic E-state index is 0.253. The van der Waals surface area contributed by atoms with E-state index >= 15 is 0 Å². The molecule has 6 nitrogen and oxygen atoms in total. The first-order valence-corrected chi connectivity index (χ1v) is 7.85. The van der Waals surface area contributed by atoms with Crippen molar-refractivity contribution in [2.75, 3.05) is 11.1 Å². The number of benzene rings is 2. The standard InChI is InChI=1S/C17H18ClN5O/c1-10-5-3-7-14(11(10)2)24-15-8-4-6-13(18)12(15)9-20-17-21-16(19)22-23-17/h3-8H,9H2,1-2H3,(H4,19,20,21,22,23). The van der Waals surface area contributed by atoms with Gasteiger partial charge in [0.25, 0.3) is 0 Å². The largest absolute Gasteiger partial charge is 0.457 e. The van der Waals surface area contributed by atoms with Gasteiger partial charge in [0, 0.05) is 17.1 Å².